The van der Waals surface area contributed by atoms with Crippen LogP contribution < -0.4 is 4.74 Å². The van der Waals surface area contributed by atoms with E-state index >= 15 is 0 Å². The van der Waals surface area contributed by atoms with Crippen LogP contribution in [0.1, 0.15) is 16.7 Å². The van der Waals surface area contributed by atoms with Gasteiger partial charge in [-0.1, -0.05) is 41.6 Å². The molecule has 0 unspecified atom stereocenters. The molecule has 2 rings (SSSR count). The smallest absolute Gasteiger partial charge is 0.405 e. The fourth-order valence-electron chi connectivity index (χ4n) is 1.86. The van der Waals surface area contributed by atoms with Crippen LogP contribution in [0.25, 0.3) is 0 Å². The molecule has 0 spiro atoms. The van der Waals surface area contributed by atoms with Crippen LogP contribution >= 0.6 is 0 Å². The van der Waals surface area contributed by atoms with Gasteiger partial charge in [0, 0.05) is 11.1 Å². The van der Waals surface area contributed by atoms with E-state index in [9.17, 15) is 26.3 Å². The molecule has 0 N–H and O–H groups in total. The van der Waals surface area contributed by atoms with Crippen molar-refractivity contribution in [2.45, 2.75) is 19.1 Å². The second-order valence-electron chi connectivity index (χ2n) is 4.68. The molecule has 2 aromatic rings. The maximum Gasteiger partial charge on any atom is 0.573 e. The van der Waals surface area contributed by atoms with Crippen LogP contribution in [0.4, 0.5) is 26.3 Å². The van der Waals surface area contributed by atoms with Gasteiger partial charge in [0.1, 0.15) is 18.6 Å². The summed E-state index contributed by atoms with van der Waals surface area (Å²) in [7, 11) is 0. The summed E-state index contributed by atoms with van der Waals surface area (Å²) < 4.78 is 79.0. The van der Waals surface area contributed by atoms with Crippen molar-refractivity contribution in [3.8, 4) is 5.75 Å². The van der Waals surface area contributed by atoms with Gasteiger partial charge >= 0.3 is 12.5 Å². The first-order valence-electron chi connectivity index (χ1n) is 6.75. The van der Waals surface area contributed by atoms with Gasteiger partial charge in [-0.3, -0.25) is 0 Å². The third-order valence-electron chi connectivity index (χ3n) is 2.88. The number of ether oxygens (including phenoxy) is 1. The van der Waals surface area contributed by atoms with E-state index in [0.29, 0.717) is 0 Å². The standard InChI is InChI=1S/C16H10F6NO2/c17-15(18,19)13-7-3-1-5-11(13)9-23-24-10-12-6-2-4-8-14(12)25-16(20,21)22/h1-8H,10H2. The molecule has 0 aromatic heterocycles. The minimum Gasteiger partial charge on any atom is -0.405 e. The lowest BCUT2D eigenvalue weighted by molar-refractivity contribution is -0.275. The van der Waals surface area contributed by atoms with Crippen LogP contribution in [0, 0.1) is 0 Å². The number of benzene rings is 2. The Morgan fingerprint density at radius 2 is 1.52 bits per heavy atom. The highest BCUT2D eigenvalue weighted by molar-refractivity contribution is 5.81. The van der Waals surface area contributed by atoms with Crippen molar-refractivity contribution in [1.82, 2.24) is 0 Å². The first kappa shape index (κ1) is 18.6. The molecule has 0 fully saturated rings. The average Bonchev–Trinajstić information content (AvgIpc) is 2.51. The monoisotopic (exact) mass is 362 g/mol. The molecule has 0 bridgehead atoms. The number of nitrogens with zero attached hydrogens (tertiary/aromatic N) is 1. The first-order chi connectivity index (χ1) is 11.7. The van der Waals surface area contributed by atoms with Crippen LogP contribution in [-0.2, 0) is 17.6 Å². The molecule has 9 heteroatoms. The minimum atomic E-state index is -4.88. The Morgan fingerprint density at radius 3 is 2.20 bits per heavy atom. The van der Waals surface area contributed by atoms with Crippen molar-refractivity contribution >= 4 is 6.21 Å². The first-order valence-corrected chi connectivity index (χ1v) is 6.75. The van der Waals surface area contributed by atoms with Gasteiger partial charge in [0.25, 0.3) is 0 Å². The van der Waals surface area contributed by atoms with E-state index in [1.54, 1.807) is 0 Å². The summed E-state index contributed by atoms with van der Waals surface area (Å²) in [5, 5.41) is 3.26. The predicted molar refractivity (Wildman–Crippen MR) is 75.9 cm³/mol. The van der Waals surface area contributed by atoms with Gasteiger partial charge in [0.2, 0.25) is 0 Å². The second kappa shape index (κ2) is 7.45. The fourth-order valence-corrected chi connectivity index (χ4v) is 1.86. The molecule has 25 heavy (non-hydrogen) atoms. The molecule has 0 saturated heterocycles. The number of hydrogen-bond acceptors (Lipinski definition) is 3. The molecular formula is C16H10F6NO2. The zero-order valence-electron chi connectivity index (χ0n) is 12.4. The minimum absolute atomic E-state index is 0.0227. The summed E-state index contributed by atoms with van der Waals surface area (Å²) >= 11 is 0. The van der Waals surface area contributed by atoms with E-state index in [0.717, 1.165) is 18.2 Å². The van der Waals surface area contributed by atoms with E-state index in [1.165, 1.54) is 30.3 Å². The summed E-state index contributed by atoms with van der Waals surface area (Å²) in [4.78, 5) is 4.75. The SMILES string of the molecule is FC(F)(F)Oc1ccccc1CON=[C]c1ccccc1C(F)(F)F. The van der Waals surface area contributed by atoms with Gasteiger partial charge in [-0.25, -0.2) is 0 Å². The Hall–Kier alpha value is -2.71. The molecule has 0 saturated carbocycles. The maximum absolute atomic E-state index is 12.8. The normalized spacial score (nSPS) is 12.4. The van der Waals surface area contributed by atoms with Crippen molar-refractivity contribution in [2.75, 3.05) is 0 Å². The van der Waals surface area contributed by atoms with Crippen LogP contribution in [-0.4, -0.2) is 12.6 Å². The van der Waals surface area contributed by atoms with Crippen LogP contribution in [0.3, 0.4) is 0 Å². The fraction of sp³-hybridized carbons (Fsp3) is 0.188. The summed E-state index contributed by atoms with van der Waals surface area (Å²) in [6.45, 7) is -0.437. The number of rotatable bonds is 5. The highest BCUT2D eigenvalue weighted by atomic mass is 19.4. The lowest BCUT2D eigenvalue weighted by Gasteiger charge is -2.12. The number of hydrogen-bond donors (Lipinski definition) is 0. The third-order valence-corrected chi connectivity index (χ3v) is 2.88. The van der Waals surface area contributed by atoms with Gasteiger partial charge in [-0.05, 0) is 12.1 Å². The number of halogens is 6. The highest BCUT2D eigenvalue weighted by Crippen LogP contribution is 2.31. The Bertz CT molecular complexity index is 740. The van der Waals surface area contributed by atoms with Crippen LogP contribution in [0.2, 0.25) is 0 Å². The average molecular weight is 362 g/mol. The highest BCUT2D eigenvalue weighted by Gasteiger charge is 2.33. The summed E-state index contributed by atoms with van der Waals surface area (Å²) in [6.07, 6.45) is -7.39. The Morgan fingerprint density at radius 1 is 0.880 bits per heavy atom. The Balaban J connectivity index is 2.06. The van der Waals surface area contributed by atoms with Crippen molar-refractivity contribution < 1.29 is 35.9 Å². The van der Waals surface area contributed by atoms with Crippen molar-refractivity contribution in [3.05, 3.63) is 65.2 Å². The van der Waals surface area contributed by atoms with E-state index in [-0.39, 0.29) is 11.1 Å². The molecule has 0 amide bonds. The van der Waals surface area contributed by atoms with E-state index in [1.807, 2.05) is 0 Å². The summed E-state index contributed by atoms with van der Waals surface area (Å²) in [5.41, 5.74) is -1.28. The maximum atomic E-state index is 12.8. The molecule has 0 atom stereocenters. The quantitative estimate of drug-likeness (QED) is 0.424. The molecule has 0 aliphatic heterocycles. The Labute approximate surface area is 138 Å². The van der Waals surface area contributed by atoms with Gasteiger partial charge in [0.05, 0.1) is 5.56 Å². The topological polar surface area (TPSA) is 30.8 Å². The predicted octanol–water partition coefficient (Wildman–Crippen LogP) is 5.03. The molecule has 0 aliphatic rings. The molecule has 2 aromatic carbocycles. The van der Waals surface area contributed by atoms with E-state index in [2.05, 4.69) is 16.1 Å². The molecule has 3 nitrogen and oxygen atoms in total. The molecular weight excluding hydrogens is 352 g/mol. The zero-order valence-corrected chi connectivity index (χ0v) is 12.4. The zero-order chi connectivity index (χ0) is 18.5. The lowest BCUT2D eigenvalue weighted by atomic mass is 10.1. The largest absolute Gasteiger partial charge is 0.573 e. The van der Waals surface area contributed by atoms with Crippen molar-refractivity contribution in [2.24, 2.45) is 5.16 Å². The van der Waals surface area contributed by atoms with E-state index < -0.39 is 30.5 Å². The number of alkyl halides is 6. The molecule has 133 valence electrons. The molecule has 0 aliphatic carbocycles. The van der Waals surface area contributed by atoms with Crippen molar-refractivity contribution in [1.29, 1.82) is 0 Å². The van der Waals surface area contributed by atoms with Gasteiger partial charge in [0.15, 0.2) is 0 Å². The molecule has 0 heterocycles. The summed E-state index contributed by atoms with van der Waals surface area (Å²) in [6, 6.07) is 9.73. The third kappa shape index (κ3) is 5.70. The van der Waals surface area contributed by atoms with Gasteiger partial charge in [-0.2, -0.15) is 13.2 Å². The second-order valence-corrected chi connectivity index (χ2v) is 4.68. The number of para-hydroxylation sites is 1. The van der Waals surface area contributed by atoms with Gasteiger partial charge < -0.3 is 9.57 Å². The van der Waals surface area contributed by atoms with Crippen LogP contribution in [0.15, 0.2) is 53.7 Å². The Kier molecular flexibility index (Phi) is 5.55. The van der Waals surface area contributed by atoms with Crippen molar-refractivity contribution in [3.63, 3.8) is 0 Å². The van der Waals surface area contributed by atoms with Crippen LogP contribution in [0.5, 0.6) is 5.75 Å². The van der Waals surface area contributed by atoms with Gasteiger partial charge in [-0.15, -0.1) is 13.2 Å². The van der Waals surface area contributed by atoms with E-state index in [4.69, 9.17) is 4.84 Å². The summed E-state index contributed by atoms with van der Waals surface area (Å²) in [5.74, 6) is -0.485. The molecule has 1 radical (unpaired) electrons. The lowest BCUT2D eigenvalue weighted by Crippen LogP contribution is -2.18.